The number of nitrogens with zero attached hydrogens (tertiary/aromatic N) is 1. The fraction of sp³-hybridized carbons (Fsp3) is 0.923. The van der Waals surface area contributed by atoms with E-state index in [2.05, 4.69) is 4.72 Å². The summed E-state index contributed by atoms with van der Waals surface area (Å²) in [6.45, 7) is 9.06. The van der Waals surface area contributed by atoms with E-state index in [9.17, 15) is 13.2 Å². The number of likely N-dealkylation sites (tertiary alicyclic amines) is 1. The molecule has 0 unspecified atom stereocenters. The molecule has 0 bridgehead atoms. The van der Waals surface area contributed by atoms with Crippen LogP contribution in [0.15, 0.2) is 0 Å². The molecule has 0 radical (unpaired) electrons. The Morgan fingerprint density at radius 1 is 1.26 bits per heavy atom. The topological polar surface area (TPSA) is 66.5 Å². The third kappa shape index (κ3) is 5.91. The molecule has 1 heterocycles. The van der Waals surface area contributed by atoms with E-state index in [4.69, 9.17) is 0 Å². The van der Waals surface area contributed by atoms with Crippen molar-refractivity contribution in [2.75, 3.05) is 18.8 Å². The van der Waals surface area contributed by atoms with E-state index in [-0.39, 0.29) is 23.1 Å². The molecule has 112 valence electrons. The van der Waals surface area contributed by atoms with Gasteiger partial charge in [0.05, 0.1) is 5.75 Å². The normalized spacial score (nSPS) is 18.6. The minimum absolute atomic E-state index is 0.00225. The first kappa shape index (κ1) is 16.4. The summed E-state index contributed by atoms with van der Waals surface area (Å²) in [6.07, 6.45) is 1.95. The summed E-state index contributed by atoms with van der Waals surface area (Å²) in [5.41, 5.74) is -0.00225. The van der Waals surface area contributed by atoms with Crippen molar-refractivity contribution in [1.29, 1.82) is 0 Å². The zero-order valence-electron chi connectivity index (χ0n) is 12.4. The Balaban J connectivity index is 2.43. The number of hydrogen-bond acceptors (Lipinski definition) is 3. The molecule has 0 spiro atoms. The lowest BCUT2D eigenvalue weighted by atomic mass is 9.91. The summed E-state index contributed by atoms with van der Waals surface area (Å²) in [7, 11) is -3.14. The van der Waals surface area contributed by atoms with Crippen LogP contribution in [-0.2, 0) is 14.8 Å². The molecule has 1 fully saturated rings. The molecule has 19 heavy (non-hydrogen) atoms. The quantitative estimate of drug-likeness (QED) is 0.850. The largest absolute Gasteiger partial charge is 0.343 e. The van der Waals surface area contributed by atoms with Gasteiger partial charge in [-0.3, -0.25) is 4.79 Å². The van der Waals surface area contributed by atoms with Crippen molar-refractivity contribution in [3.05, 3.63) is 0 Å². The number of rotatable bonds is 4. The van der Waals surface area contributed by atoms with Gasteiger partial charge < -0.3 is 4.90 Å². The van der Waals surface area contributed by atoms with Crippen LogP contribution in [0.25, 0.3) is 0 Å². The molecule has 1 aliphatic rings. The minimum Gasteiger partial charge on any atom is -0.343 e. The zero-order chi connectivity index (χ0) is 14.7. The molecule has 1 amide bonds. The van der Waals surface area contributed by atoms with Gasteiger partial charge in [-0.1, -0.05) is 20.8 Å². The van der Waals surface area contributed by atoms with E-state index in [0.717, 1.165) is 0 Å². The second kappa shape index (κ2) is 6.22. The van der Waals surface area contributed by atoms with Crippen LogP contribution in [-0.4, -0.2) is 44.1 Å². The molecule has 1 aliphatic heterocycles. The van der Waals surface area contributed by atoms with E-state index in [1.807, 2.05) is 25.7 Å². The molecule has 6 heteroatoms. The first-order chi connectivity index (χ1) is 8.63. The monoisotopic (exact) mass is 290 g/mol. The summed E-state index contributed by atoms with van der Waals surface area (Å²) < 4.78 is 25.6. The lowest BCUT2D eigenvalue weighted by molar-refractivity contribution is -0.134. The number of nitrogens with one attached hydrogen (secondary N) is 1. The smallest absolute Gasteiger partial charge is 0.223 e. The third-order valence-electron chi connectivity index (χ3n) is 3.26. The molecule has 5 nitrogen and oxygen atoms in total. The van der Waals surface area contributed by atoms with Crippen LogP contribution in [0.2, 0.25) is 0 Å². The predicted molar refractivity (Wildman–Crippen MR) is 76.3 cm³/mol. The molecule has 1 rings (SSSR count). The Hall–Kier alpha value is -0.620. The average Bonchev–Trinajstić information content (AvgIpc) is 2.27. The molecule has 1 N–H and O–H groups in total. The maximum absolute atomic E-state index is 12.0. The van der Waals surface area contributed by atoms with E-state index in [1.54, 1.807) is 6.92 Å². The highest BCUT2D eigenvalue weighted by atomic mass is 32.2. The van der Waals surface area contributed by atoms with Gasteiger partial charge in [0.15, 0.2) is 0 Å². The van der Waals surface area contributed by atoms with Crippen LogP contribution in [0, 0.1) is 5.41 Å². The summed E-state index contributed by atoms with van der Waals surface area (Å²) in [6, 6.07) is -0.0244. The Morgan fingerprint density at radius 3 is 2.21 bits per heavy atom. The van der Waals surface area contributed by atoms with Gasteiger partial charge in [-0.15, -0.1) is 0 Å². The number of sulfonamides is 1. The Morgan fingerprint density at radius 2 is 1.79 bits per heavy atom. The van der Waals surface area contributed by atoms with Crippen molar-refractivity contribution in [3.8, 4) is 0 Å². The van der Waals surface area contributed by atoms with Crippen LogP contribution in [0.5, 0.6) is 0 Å². The van der Waals surface area contributed by atoms with Gasteiger partial charge in [-0.25, -0.2) is 13.1 Å². The van der Waals surface area contributed by atoms with E-state index >= 15 is 0 Å². The molecule has 0 saturated carbocycles. The van der Waals surface area contributed by atoms with Crippen LogP contribution < -0.4 is 4.72 Å². The summed E-state index contributed by atoms with van der Waals surface area (Å²) in [4.78, 5) is 13.9. The molecule has 0 aromatic carbocycles. The number of carbonyl (C=O) groups is 1. The Kier molecular flexibility index (Phi) is 5.38. The van der Waals surface area contributed by atoms with Gasteiger partial charge >= 0.3 is 0 Å². The molecule has 0 atom stereocenters. The molecular weight excluding hydrogens is 264 g/mol. The molecule has 0 aliphatic carbocycles. The number of piperidine rings is 1. The maximum atomic E-state index is 12.0. The van der Waals surface area contributed by atoms with Gasteiger partial charge in [0.1, 0.15) is 0 Å². The van der Waals surface area contributed by atoms with Gasteiger partial charge in [0, 0.05) is 25.6 Å². The lowest BCUT2D eigenvalue weighted by Gasteiger charge is -2.33. The van der Waals surface area contributed by atoms with Crippen molar-refractivity contribution in [2.24, 2.45) is 5.41 Å². The summed E-state index contributed by atoms with van der Waals surface area (Å²) in [5.74, 6) is 0.278. The van der Waals surface area contributed by atoms with E-state index in [1.165, 1.54) is 0 Å². The van der Waals surface area contributed by atoms with Gasteiger partial charge in [-0.05, 0) is 25.2 Å². The number of amides is 1. The summed E-state index contributed by atoms with van der Waals surface area (Å²) >= 11 is 0. The van der Waals surface area contributed by atoms with E-state index in [0.29, 0.717) is 32.4 Å². The second-order valence-corrected chi connectivity index (χ2v) is 8.46. The van der Waals surface area contributed by atoms with Crippen molar-refractivity contribution in [1.82, 2.24) is 9.62 Å². The zero-order valence-corrected chi connectivity index (χ0v) is 13.2. The second-order valence-electron chi connectivity index (χ2n) is 6.41. The van der Waals surface area contributed by atoms with Crippen molar-refractivity contribution in [3.63, 3.8) is 0 Å². The SMILES string of the molecule is CCS(=O)(=O)NC1CCN(C(=O)CC(C)(C)C)CC1. The predicted octanol–water partition coefficient (Wildman–Crippen LogP) is 1.35. The average molecular weight is 290 g/mol. The highest BCUT2D eigenvalue weighted by molar-refractivity contribution is 7.89. The van der Waals surface area contributed by atoms with Crippen molar-refractivity contribution in [2.45, 2.75) is 53.0 Å². The summed E-state index contributed by atoms with van der Waals surface area (Å²) in [5, 5.41) is 0. The van der Waals surface area contributed by atoms with Gasteiger partial charge in [0.2, 0.25) is 15.9 Å². The minimum atomic E-state index is -3.14. The highest BCUT2D eigenvalue weighted by Gasteiger charge is 2.27. The van der Waals surface area contributed by atoms with E-state index < -0.39 is 10.0 Å². The van der Waals surface area contributed by atoms with Crippen molar-refractivity contribution >= 4 is 15.9 Å². The highest BCUT2D eigenvalue weighted by Crippen LogP contribution is 2.21. The first-order valence-electron chi connectivity index (χ1n) is 6.91. The number of hydrogen-bond donors (Lipinski definition) is 1. The molecular formula is C13H26N2O3S. The van der Waals surface area contributed by atoms with Crippen LogP contribution in [0.1, 0.15) is 47.0 Å². The molecule has 0 aromatic rings. The first-order valence-corrected chi connectivity index (χ1v) is 8.56. The van der Waals surface area contributed by atoms with Gasteiger partial charge in [-0.2, -0.15) is 0 Å². The fourth-order valence-corrected chi connectivity index (χ4v) is 3.06. The third-order valence-corrected chi connectivity index (χ3v) is 4.71. The Bertz CT molecular complexity index is 404. The van der Waals surface area contributed by atoms with Crippen LogP contribution in [0.4, 0.5) is 0 Å². The van der Waals surface area contributed by atoms with Gasteiger partial charge in [0.25, 0.3) is 0 Å². The standard InChI is InChI=1S/C13H26N2O3S/c1-5-19(17,18)14-11-6-8-15(9-7-11)12(16)10-13(2,3)4/h11,14H,5-10H2,1-4H3. The van der Waals surface area contributed by atoms with Crippen LogP contribution in [0.3, 0.4) is 0 Å². The molecule has 1 saturated heterocycles. The molecule has 0 aromatic heterocycles. The van der Waals surface area contributed by atoms with Crippen molar-refractivity contribution < 1.29 is 13.2 Å². The fourth-order valence-electron chi connectivity index (χ4n) is 2.15. The van der Waals surface area contributed by atoms with Crippen LogP contribution >= 0.6 is 0 Å². The lowest BCUT2D eigenvalue weighted by Crippen LogP contribution is -2.47. The Labute approximate surface area is 116 Å². The maximum Gasteiger partial charge on any atom is 0.223 e. The number of carbonyl (C=O) groups excluding carboxylic acids is 1.